The first-order valence-electron chi connectivity index (χ1n) is 8.23. The van der Waals surface area contributed by atoms with E-state index in [-0.39, 0.29) is 24.6 Å². The van der Waals surface area contributed by atoms with Gasteiger partial charge in [0.15, 0.2) is 11.5 Å². The zero-order chi connectivity index (χ0) is 17.8. The van der Waals surface area contributed by atoms with Gasteiger partial charge in [-0.2, -0.15) is 0 Å². The van der Waals surface area contributed by atoms with Crippen LogP contribution in [0.1, 0.15) is 25.3 Å². The van der Waals surface area contributed by atoms with Crippen LogP contribution in [0.4, 0.5) is 10.1 Å². The van der Waals surface area contributed by atoms with Crippen LogP contribution in [-0.2, 0) is 11.3 Å². The molecule has 5 nitrogen and oxygen atoms in total. The van der Waals surface area contributed by atoms with Crippen molar-refractivity contribution in [3.05, 3.63) is 53.8 Å². The summed E-state index contributed by atoms with van der Waals surface area (Å²) < 4.78 is 23.9. The molecule has 2 N–H and O–H groups in total. The van der Waals surface area contributed by atoms with Crippen molar-refractivity contribution in [2.45, 2.75) is 32.4 Å². The minimum atomic E-state index is -0.338. The number of carbonyl (C=O) groups excluding carboxylic acids is 1. The monoisotopic (exact) mass is 344 g/mol. The molecule has 2 aromatic carbocycles. The second-order valence-corrected chi connectivity index (χ2v) is 6.16. The highest BCUT2D eigenvalue weighted by atomic mass is 19.1. The number of amides is 1. The van der Waals surface area contributed by atoms with Crippen LogP contribution >= 0.6 is 0 Å². The topological polar surface area (TPSA) is 64.8 Å². The van der Waals surface area contributed by atoms with Gasteiger partial charge < -0.3 is 20.1 Å². The van der Waals surface area contributed by atoms with Crippen LogP contribution in [0.15, 0.2) is 42.5 Å². The molecule has 1 heterocycles. The van der Waals surface area contributed by atoms with Crippen LogP contribution in [0, 0.1) is 5.82 Å². The maximum atomic E-state index is 13.2. The maximum Gasteiger partial charge on any atom is 0.231 e. The second kappa shape index (κ2) is 7.53. The van der Waals surface area contributed by atoms with Gasteiger partial charge in [-0.25, -0.2) is 4.39 Å². The fourth-order valence-corrected chi connectivity index (χ4v) is 2.65. The summed E-state index contributed by atoms with van der Waals surface area (Å²) in [4.78, 5) is 14.3. The largest absolute Gasteiger partial charge is 0.454 e. The highest BCUT2D eigenvalue weighted by Crippen LogP contribution is 2.33. The van der Waals surface area contributed by atoms with Crippen molar-refractivity contribution in [3.8, 4) is 11.5 Å². The first-order chi connectivity index (χ1) is 12.0. The molecule has 1 aliphatic rings. The maximum absolute atomic E-state index is 13.2. The van der Waals surface area contributed by atoms with Gasteiger partial charge in [0.1, 0.15) is 5.82 Å². The van der Waals surface area contributed by atoms with Crippen molar-refractivity contribution in [2.24, 2.45) is 5.73 Å². The summed E-state index contributed by atoms with van der Waals surface area (Å²) in [5, 5.41) is 0. The molecule has 0 saturated carbocycles. The molecule has 0 bridgehead atoms. The Bertz CT molecular complexity index is 747. The number of rotatable bonds is 6. The molecule has 0 radical (unpaired) electrons. The first-order valence-corrected chi connectivity index (χ1v) is 8.23. The van der Waals surface area contributed by atoms with E-state index >= 15 is 0 Å². The number of nitrogens with two attached hydrogens (primary N) is 1. The number of benzene rings is 2. The molecule has 1 amide bonds. The SMILES string of the molecule is CC(N)CCC(=O)N(Cc1ccc2c(c1)OCO2)c1ccc(F)cc1. The van der Waals surface area contributed by atoms with Crippen LogP contribution < -0.4 is 20.1 Å². The summed E-state index contributed by atoms with van der Waals surface area (Å²) in [6, 6.07) is 11.4. The Labute approximate surface area is 146 Å². The lowest BCUT2D eigenvalue weighted by Crippen LogP contribution is -2.31. The number of halogens is 1. The molecule has 2 aromatic rings. The average Bonchev–Trinajstić information content (AvgIpc) is 3.06. The highest BCUT2D eigenvalue weighted by Gasteiger charge is 2.19. The molecular weight excluding hydrogens is 323 g/mol. The average molecular weight is 344 g/mol. The van der Waals surface area contributed by atoms with Crippen molar-refractivity contribution < 1.29 is 18.7 Å². The Balaban J connectivity index is 1.82. The standard InChI is InChI=1S/C19H21FN2O3/c1-13(21)2-9-19(23)22(16-6-4-15(20)5-7-16)11-14-3-8-17-18(10-14)25-12-24-17/h3-8,10,13H,2,9,11-12,21H2,1H3. The van der Waals surface area contributed by atoms with E-state index in [0.29, 0.717) is 36.6 Å². The van der Waals surface area contributed by atoms with Gasteiger partial charge in [-0.3, -0.25) is 4.79 Å². The molecule has 132 valence electrons. The van der Waals surface area contributed by atoms with Crippen LogP contribution in [-0.4, -0.2) is 18.7 Å². The van der Waals surface area contributed by atoms with Crippen LogP contribution in [0.5, 0.6) is 11.5 Å². The summed E-state index contributed by atoms with van der Waals surface area (Å²) in [6.07, 6.45) is 0.928. The Morgan fingerprint density at radius 1 is 1.20 bits per heavy atom. The van der Waals surface area contributed by atoms with Gasteiger partial charge in [-0.15, -0.1) is 0 Å². The van der Waals surface area contributed by atoms with E-state index in [1.54, 1.807) is 17.0 Å². The Kier molecular flexibility index (Phi) is 5.19. The van der Waals surface area contributed by atoms with Crippen molar-refractivity contribution in [1.82, 2.24) is 0 Å². The fourth-order valence-electron chi connectivity index (χ4n) is 2.65. The first kappa shape index (κ1) is 17.2. The van der Waals surface area contributed by atoms with E-state index in [1.165, 1.54) is 12.1 Å². The van der Waals surface area contributed by atoms with Gasteiger partial charge in [0.25, 0.3) is 0 Å². The number of fused-ring (bicyclic) bond motifs is 1. The van der Waals surface area contributed by atoms with Crippen LogP contribution in [0.25, 0.3) is 0 Å². The van der Waals surface area contributed by atoms with Gasteiger partial charge in [0.2, 0.25) is 12.7 Å². The number of hydrogen-bond donors (Lipinski definition) is 1. The molecule has 1 atom stereocenters. The predicted molar refractivity (Wildman–Crippen MR) is 93.0 cm³/mol. The minimum absolute atomic E-state index is 0.0513. The number of ether oxygens (including phenoxy) is 2. The van der Waals surface area contributed by atoms with Crippen molar-refractivity contribution in [2.75, 3.05) is 11.7 Å². The van der Waals surface area contributed by atoms with Gasteiger partial charge in [-0.05, 0) is 55.3 Å². The molecule has 1 aliphatic heterocycles. The van der Waals surface area contributed by atoms with Crippen molar-refractivity contribution in [3.63, 3.8) is 0 Å². The normalized spacial score (nSPS) is 13.6. The highest BCUT2D eigenvalue weighted by molar-refractivity contribution is 5.93. The third-order valence-corrected chi connectivity index (χ3v) is 4.03. The van der Waals surface area contributed by atoms with Crippen LogP contribution in [0.3, 0.4) is 0 Å². The zero-order valence-electron chi connectivity index (χ0n) is 14.1. The van der Waals surface area contributed by atoms with Gasteiger partial charge in [0.05, 0.1) is 6.54 Å². The molecule has 0 aromatic heterocycles. The summed E-state index contributed by atoms with van der Waals surface area (Å²) in [5.41, 5.74) is 7.31. The Morgan fingerprint density at radius 2 is 1.92 bits per heavy atom. The van der Waals surface area contributed by atoms with E-state index in [9.17, 15) is 9.18 Å². The molecule has 3 rings (SSSR count). The summed E-state index contributed by atoms with van der Waals surface area (Å²) in [5.74, 6) is 0.969. The molecule has 6 heteroatoms. The van der Waals surface area contributed by atoms with Crippen molar-refractivity contribution in [1.29, 1.82) is 0 Å². The third-order valence-electron chi connectivity index (χ3n) is 4.03. The number of carbonyl (C=O) groups is 1. The summed E-state index contributed by atoms with van der Waals surface area (Å²) in [7, 11) is 0. The molecular formula is C19H21FN2O3. The lowest BCUT2D eigenvalue weighted by Gasteiger charge is -2.23. The summed E-state index contributed by atoms with van der Waals surface area (Å²) >= 11 is 0. The molecule has 0 saturated heterocycles. The number of nitrogens with zero attached hydrogens (tertiary/aromatic N) is 1. The lowest BCUT2D eigenvalue weighted by molar-refractivity contribution is -0.118. The zero-order valence-corrected chi connectivity index (χ0v) is 14.1. The van der Waals surface area contributed by atoms with Gasteiger partial charge >= 0.3 is 0 Å². The molecule has 0 fully saturated rings. The van der Waals surface area contributed by atoms with Gasteiger partial charge in [0, 0.05) is 18.2 Å². The Hall–Kier alpha value is -2.60. The van der Waals surface area contributed by atoms with E-state index in [1.807, 2.05) is 25.1 Å². The fraction of sp³-hybridized carbons (Fsp3) is 0.316. The Morgan fingerprint density at radius 3 is 2.64 bits per heavy atom. The second-order valence-electron chi connectivity index (χ2n) is 6.16. The molecule has 0 spiro atoms. The smallest absolute Gasteiger partial charge is 0.231 e. The molecule has 0 aliphatic carbocycles. The van der Waals surface area contributed by atoms with E-state index < -0.39 is 0 Å². The lowest BCUT2D eigenvalue weighted by atomic mass is 10.1. The minimum Gasteiger partial charge on any atom is -0.454 e. The number of anilines is 1. The van der Waals surface area contributed by atoms with E-state index in [4.69, 9.17) is 15.2 Å². The molecule has 1 unspecified atom stereocenters. The number of hydrogen-bond acceptors (Lipinski definition) is 4. The van der Waals surface area contributed by atoms with Crippen LogP contribution in [0.2, 0.25) is 0 Å². The van der Waals surface area contributed by atoms with E-state index in [2.05, 4.69) is 0 Å². The third kappa shape index (κ3) is 4.28. The summed E-state index contributed by atoms with van der Waals surface area (Å²) in [6.45, 7) is 2.43. The molecule has 25 heavy (non-hydrogen) atoms. The predicted octanol–water partition coefficient (Wildman–Crippen LogP) is 3.22. The van der Waals surface area contributed by atoms with E-state index in [0.717, 1.165) is 5.56 Å². The quantitative estimate of drug-likeness (QED) is 0.874. The van der Waals surface area contributed by atoms with Crippen molar-refractivity contribution >= 4 is 11.6 Å². The van der Waals surface area contributed by atoms with Gasteiger partial charge in [-0.1, -0.05) is 6.07 Å².